The van der Waals surface area contributed by atoms with Gasteiger partial charge in [0.05, 0.1) is 6.61 Å². The smallest absolute Gasteiger partial charge is 0.188 e. The Morgan fingerprint density at radius 3 is 2.93 bits per heavy atom. The summed E-state index contributed by atoms with van der Waals surface area (Å²) in [5.74, 6) is 0. The fourth-order valence-electron chi connectivity index (χ4n) is 1.27. The molecule has 0 bridgehead atoms. The minimum absolute atomic E-state index is 0.0775. The van der Waals surface area contributed by atoms with Crippen LogP contribution in [0.1, 0.15) is 11.1 Å². The van der Waals surface area contributed by atoms with Gasteiger partial charge in [-0.05, 0) is 24.1 Å². The number of hydrogen-bond acceptors (Lipinski definition) is 4. The van der Waals surface area contributed by atoms with E-state index < -0.39 is 0 Å². The van der Waals surface area contributed by atoms with E-state index in [1.165, 1.54) is 18.1 Å². The van der Waals surface area contributed by atoms with Crippen LogP contribution in [0, 0.1) is 6.92 Å². The minimum Gasteiger partial charge on any atom is -0.392 e. The van der Waals surface area contributed by atoms with E-state index in [9.17, 15) is 0 Å². The zero-order chi connectivity index (χ0) is 10.7. The minimum atomic E-state index is 0.0775. The van der Waals surface area contributed by atoms with Crippen LogP contribution in [0.3, 0.4) is 0 Å². The third kappa shape index (κ3) is 2.37. The number of rotatable bonds is 3. The highest BCUT2D eigenvalue weighted by atomic mass is 32.2. The lowest BCUT2D eigenvalue weighted by Crippen LogP contribution is -1.87. The summed E-state index contributed by atoms with van der Waals surface area (Å²) in [4.78, 5) is 5.16. The second-order valence-electron chi connectivity index (χ2n) is 3.15. The Morgan fingerprint density at radius 1 is 1.47 bits per heavy atom. The Bertz CT molecular complexity index is 442. The van der Waals surface area contributed by atoms with Gasteiger partial charge in [0, 0.05) is 4.90 Å². The molecule has 5 heteroatoms. The maximum Gasteiger partial charge on any atom is 0.188 e. The van der Waals surface area contributed by atoms with E-state index in [1.807, 2.05) is 25.1 Å². The molecule has 1 aromatic heterocycles. The predicted molar refractivity (Wildman–Crippen MR) is 57.6 cm³/mol. The summed E-state index contributed by atoms with van der Waals surface area (Å²) in [6.45, 7) is 2.09. The monoisotopic (exact) mass is 221 g/mol. The van der Waals surface area contributed by atoms with Crippen LogP contribution >= 0.6 is 11.8 Å². The standard InChI is InChI=1S/C10H11N3OS/c1-7-4-8(5-14)2-3-9(7)15-10-11-6-12-13-10/h2-4,6,14H,5H2,1H3,(H,11,12,13). The van der Waals surface area contributed by atoms with Gasteiger partial charge in [-0.15, -0.1) is 0 Å². The van der Waals surface area contributed by atoms with Crippen LogP contribution in [-0.2, 0) is 6.61 Å². The van der Waals surface area contributed by atoms with Crippen molar-refractivity contribution in [3.8, 4) is 0 Å². The summed E-state index contributed by atoms with van der Waals surface area (Å²) in [6, 6.07) is 5.86. The molecule has 0 aliphatic rings. The van der Waals surface area contributed by atoms with Gasteiger partial charge in [0.1, 0.15) is 6.33 Å². The second-order valence-corrected chi connectivity index (χ2v) is 4.18. The number of aromatic nitrogens is 3. The second kappa shape index (κ2) is 4.46. The van der Waals surface area contributed by atoms with Crippen LogP contribution in [0.4, 0.5) is 0 Å². The molecule has 0 aliphatic carbocycles. The number of aryl methyl sites for hydroxylation is 1. The van der Waals surface area contributed by atoms with E-state index in [1.54, 1.807) is 0 Å². The van der Waals surface area contributed by atoms with Crippen LogP contribution in [-0.4, -0.2) is 20.3 Å². The van der Waals surface area contributed by atoms with Gasteiger partial charge in [-0.2, -0.15) is 5.10 Å². The first-order chi connectivity index (χ1) is 7.29. The first-order valence-electron chi connectivity index (χ1n) is 4.53. The maximum atomic E-state index is 8.97. The van der Waals surface area contributed by atoms with Crippen molar-refractivity contribution < 1.29 is 5.11 Å². The van der Waals surface area contributed by atoms with Crippen molar-refractivity contribution in [1.82, 2.24) is 15.2 Å². The molecule has 0 unspecified atom stereocenters. The third-order valence-electron chi connectivity index (χ3n) is 2.02. The summed E-state index contributed by atoms with van der Waals surface area (Å²) < 4.78 is 0. The maximum absolute atomic E-state index is 8.97. The molecule has 15 heavy (non-hydrogen) atoms. The van der Waals surface area contributed by atoms with Crippen LogP contribution < -0.4 is 0 Å². The van der Waals surface area contributed by atoms with E-state index in [4.69, 9.17) is 5.11 Å². The van der Waals surface area contributed by atoms with Crippen molar-refractivity contribution in [3.05, 3.63) is 35.7 Å². The molecule has 0 saturated carbocycles. The van der Waals surface area contributed by atoms with Crippen molar-refractivity contribution in [2.75, 3.05) is 0 Å². The molecular weight excluding hydrogens is 210 g/mol. The molecular formula is C10H11N3OS. The number of nitrogens with one attached hydrogen (secondary N) is 1. The van der Waals surface area contributed by atoms with Gasteiger partial charge in [0.2, 0.25) is 0 Å². The number of hydrogen-bond donors (Lipinski definition) is 2. The number of benzene rings is 1. The highest BCUT2D eigenvalue weighted by Gasteiger charge is 2.03. The molecule has 0 spiro atoms. The third-order valence-corrected chi connectivity index (χ3v) is 3.09. The molecule has 0 radical (unpaired) electrons. The van der Waals surface area contributed by atoms with E-state index in [0.717, 1.165) is 21.2 Å². The Hall–Kier alpha value is -1.33. The van der Waals surface area contributed by atoms with Crippen molar-refractivity contribution in [1.29, 1.82) is 0 Å². The quantitative estimate of drug-likeness (QED) is 0.829. The van der Waals surface area contributed by atoms with E-state index in [2.05, 4.69) is 15.2 Å². The van der Waals surface area contributed by atoms with Gasteiger partial charge in [-0.25, -0.2) is 4.98 Å². The summed E-state index contributed by atoms with van der Waals surface area (Å²) >= 11 is 1.53. The fraction of sp³-hybridized carbons (Fsp3) is 0.200. The van der Waals surface area contributed by atoms with E-state index >= 15 is 0 Å². The van der Waals surface area contributed by atoms with E-state index in [-0.39, 0.29) is 6.61 Å². The fourth-order valence-corrected chi connectivity index (χ4v) is 2.03. The van der Waals surface area contributed by atoms with Crippen LogP contribution in [0.5, 0.6) is 0 Å². The normalized spacial score (nSPS) is 10.5. The number of aliphatic hydroxyl groups excluding tert-OH is 1. The average Bonchev–Trinajstić information content (AvgIpc) is 2.74. The van der Waals surface area contributed by atoms with Gasteiger partial charge >= 0.3 is 0 Å². The van der Waals surface area contributed by atoms with E-state index in [0.29, 0.717) is 0 Å². The van der Waals surface area contributed by atoms with Gasteiger partial charge < -0.3 is 5.11 Å². The molecule has 1 aromatic carbocycles. The number of aromatic amines is 1. The number of aliphatic hydroxyl groups is 1. The molecule has 78 valence electrons. The molecule has 4 nitrogen and oxygen atoms in total. The highest BCUT2D eigenvalue weighted by molar-refractivity contribution is 7.99. The summed E-state index contributed by atoms with van der Waals surface area (Å²) in [6.07, 6.45) is 1.49. The van der Waals surface area contributed by atoms with Gasteiger partial charge in [0.15, 0.2) is 5.16 Å². The molecule has 0 fully saturated rings. The Morgan fingerprint density at radius 2 is 2.33 bits per heavy atom. The van der Waals surface area contributed by atoms with Gasteiger partial charge in [-0.3, -0.25) is 5.10 Å². The highest BCUT2D eigenvalue weighted by Crippen LogP contribution is 2.27. The molecule has 2 N–H and O–H groups in total. The van der Waals surface area contributed by atoms with Gasteiger partial charge in [-0.1, -0.05) is 23.9 Å². The summed E-state index contributed by atoms with van der Waals surface area (Å²) in [7, 11) is 0. The van der Waals surface area contributed by atoms with Crippen LogP contribution in [0.15, 0.2) is 34.6 Å². The molecule has 0 atom stereocenters. The largest absolute Gasteiger partial charge is 0.392 e. The number of nitrogens with zero attached hydrogens (tertiary/aromatic N) is 2. The van der Waals surface area contributed by atoms with Crippen molar-refractivity contribution in [3.63, 3.8) is 0 Å². The first-order valence-corrected chi connectivity index (χ1v) is 5.35. The molecule has 0 amide bonds. The van der Waals surface area contributed by atoms with Gasteiger partial charge in [0.25, 0.3) is 0 Å². The van der Waals surface area contributed by atoms with Crippen LogP contribution in [0.2, 0.25) is 0 Å². The van der Waals surface area contributed by atoms with Crippen molar-refractivity contribution in [2.45, 2.75) is 23.6 Å². The lowest BCUT2D eigenvalue weighted by Gasteiger charge is -2.04. The van der Waals surface area contributed by atoms with Crippen LogP contribution in [0.25, 0.3) is 0 Å². The molecule has 2 aromatic rings. The summed E-state index contributed by atoms with van der Waals surface area (Å²) in [5.41, 5.74) is 2.05. The Kier molecular flexibility index (Phi) is 3.03. The summed E-state index contributed by atoms with van der Waals surface area (Å²) in [5, 5.41) is 16.3. The SMILES string of the molecule is Cc1cc(CO)ccc1Sc1ncn[nH]1. The topological polar surface area (TPSA) is 61.8 Å². The zero-order valence-corrected chi connectivity index (χ0v) is 9.08. The molecule has 2 rings (SSSR count). The first kappa shape index (κ1) is 10.2. The number of H-pyrrole nitrogens is 1. The predicted octanol–water partition coefficient (Wildman–Crippen LogP) is 1.76. The van der Waals surface area contributed by atoms with Crippen molar-refractivity contribution >= 4 is 11.8 Å². The Balaban J connectivity index is 2.22. The lowest BCUT2D eigenvalue weighted by atomic mass is 10.1. The van der Waals surface area contributed by atoms with Crippen molar-refractivity contribution in [2.24, 2.45) is 0 Å². The molecule has 1 heterocycles. The Labute approximate surface area is 91.8 Å². The molecule has 0 saturated heterocycles. The molecule has 0 aliphatic heterocycles. The lowest BCUT2D eigenvalue weighted by molar-refractivity contribution is 0.281. The zero-order valence-electron chi connectivity index (χ0n) is 8.27. The average molecular weight is 221 g/mol.